The fourth-order valence-electron chi connectivity index (χ4n) is 7.63. The maximum Gasteiger partial charge on any atom is 0.335 e. The van der Waals surface area contributed by atoms with Crippen LogP contribution in [-0.2, 0) is 42.9 Å². The van der Waals surface area contributed by atoms with Gasteiger partial charge in [0.1, 0.15) is 18.8 Å². The largest absolute Gasteiger partial charge is 0.479 e. The van der Waals surface area contributed by atoms with Gasteiger partial charge in [-0.15, -0.1) is 0 Å². The Morgan fingerprint density at radius 3 is 1.48 bits per heavy atom. The van der Waals surface area contributed by atoms with Gasteiger partial charge in [0.2, 0.25) is 0 Å². The molecule has 0 saturated carbocycles. The van der Waals surface area contributed by atoms with Gasteiger partial charge in [-0.05, 0) is 83.5 Å². The Hall–Kier alpha value is -3.84. The molecule has 12 nitrogen and oxygen atoms in total. The highest BCUT2D eigenvalue weighted by Crippen LogP contribution is 2.26. The van der Waals surface area contributed by atoms with Crippen LogP contribution >= 0.6 is 0 Å². The molecule has 12 heteroatoms. The number of hydrogen-bond acceptors (Lipinski definition) is 11. The van der Waals surface area contributed by atoms with Crippen LogP contribution < -0.4 is 0 Å². The van der Waals surface area contributed by atoms with Gasteiger partial charge < -0.3 is 39.0 Å². The minimum atomic E-state index is -1.91. The smallest absolute Gasteiger partial charge is 0.335 e. The van der Waals surface area contributed by atoms with Gasteiger partial charge in [-0.2, -0.15) is 0 Å². The lowest BCUT2D eigenvalue weighted by atomic mass is 9.98. The highest BCUT2D eigenvalue weighted by Gasteiger charge is 2.50. The first kappa shape index (κ1) is 63.2. The van der Waals surface area contributed by atoms with E-state index in [2.05, 4.69) is 93.7 Å². The van der Waals surface area contributed by atoms with Crippen molar-refractivity contribution >= 4 is 23.9 Å². The molecular formula is C57H94O12. The topological polar surface area (TPSA) is 175 Å². The zero-order valence-electron chi connectivity index (χ0n) is 43.0. The molecule has 6 unspecified atom stereocenters. The number of carbonyl (C=O) groups is 4. The summed E-state index contributed by atoms with van der Waals surface area (Å²) in [6.07, 6.45) is 43.2. The molecule has 1 aliphatic rings. The van der Waals surface area contributed by atoms with Crippen molar-refractivity contribution in [1.82, 2.24) is 0 Å². The number of carbonyl (C=O) groups excluding carboxylic acids is 3. The van der Waals surface area contributed by atoms with E-state index in [1.165, 1.54) is 44.9 Å². The zero-order chi connectivity index (χ0) is 50.4. The summed E-state index contributed by atoms with van der Waals surface area (Å²) in [6, 6.07) is 0. The van der Waals surface area contributed by atoms with E-state index in [0.29, 0.717) is 19.3 Å². The van der Waals surface area contributed by atoms with Crippen LogP contribution in [0, 0.1) is 0 Å². The third kappa shape index (κ3) is 35.8. The van der Waals surface area contributed by atoms with E-state index in [9.17, 15) is 34.5 Å². The molecule has 6 atom stereocenters. The molecule has 394 valence electrons. The number of ether oxygens (including phenoxy) is 5. The maximum atomic E-state index is 13.1. The summed E-state index contributed by atoms with van der Waals surface area (Å²) < 4.78 is 28.2. The number of aliphatic hydroxyl groups excluding tert-OH is 2. The predicted octanol–water partition coefficient (Wildman–Crippen LogP) is 13.0. The summed E-state index contributed by atoms with van der Waals surface area (Å²) in [5.41, 5.74) is 0. The number of aliphatic carboxylic acids is 1. The molecule has 0 bridgehead atoms. The molecule has 0 radical (unpaired) electrons. The van der Waals surface area contributed by atoms with Crippen LogP contribution in [0.25, 0.3) is 0 Å². The van der Waals surface area contributed by atoms with Gasteiger partial charge in [0.05, 0.1) is 6.61 Å². The SMILES string of the molecule is CC/C=C\C/C=C\C/C=C\C/C=C\CCCCC(=O)OCC(COC1OC(C(=O)O)C(O)C(O)C1OC(=O)CCCCCCC/C=C\C/C=C\CCC)OC(=O)CCCCCCCCCCCCC. The van der Waals surface area contributed by atoms with E-state index < -0.39 is 67.3 Å². The van der Waals surface area contributed by atoms with Crippen molar-refractivity contribution in [3.63, 3.8) is 0 Å². The Balaban J connectivity index is 2.76. The number of esters is 3. The molecule has 1 fully saturated rings. The Morgan fingerprint density at radius 1 is 0.493 bits per heavy atom. The van der Waals surface area contributed by atoms with Crippen molar-refractivity contribution in [2.24, 2.45) is 0 Å². The number of carboxylic acids is 1. The third-order valence-electron chi connectivity index (χ3n) is 11.7. The average molecular weight is 971 g/mol. The van der Waals surface area contributed by atoms with Crippen molar-refractivity contribution in [3.8, 4) is 0 Å². The predicted molar refractivity (Wildman–Crippen MR) is 275 cm³/mol. The summed E-state index contributed by atoms with van der Waals surface area (Å²) >= 11 is 0. The molecule has 0 aromatic heterocycles. The van der Waals surface area contributed by atoms with Crippen LogP contribution in [-0.4, -0.2) is 89.2 Å². The van der Waals surface area contributed by atoms with Gasteiger partial charge in [-0.1, -0.05) is 184 Å². The van der Waals surface area contributed by atoms with Crippen LogP contribution in [0.3, 0.4) is 0 Å². The first-order valence-electron chi connectivity index (χ1n) is 26.9. The standard InChI is InChI=1S/C57H94O12/c1-4-7-10-13-16-19-22-24-25-27-29-31-34-37-40-43-49(58)65-46-48(67-50(59)44-41-38-35-32-28-21-18-15-12-9-6-3)47-66-57-55(53(62)52(61)54(69-57)56(63)64)68-51(60)45-42-39-36-33-30-26-23-20-17-14-11-8-5-2/h7,10-11,14,16,19-20,23-25,29,31,48,52-55,57,61-62H,4-6,8-9,12-13,15,17-18,21-22,26-28,30,32-47H2,1-3H3,(H,63,64)/b10-7-,14-11-,19-16-,23-20-,25-24-,31-29-. The van der Waals surface area contributed by atoms with E-state index >= 15 is 0 Å². The quantitative estimate of drug-likeness (QED) is 0.0228. The lowest BCUT2D eigenvalue weighted by molar-refractivity contribution is -0.301. The van der Waals surface area contributed by atoms with Crippen LogP contribution in [0.15, 0.2) is 72.9 Å². The molecule has 0 aromatic carbocycles. The summed E-state index contributed by atoms with van der Waals surface area (Å²) in [5.74, 6) is -3.20. The van der Waals surface area contributed by atoms with Crippen LogP contribution in [0.1, 0.15) is 213 Å². The molecule has 3 N–H and O–H groups in total. The fourth-order valence-corrected chi connectivity index (χ4v) is 7.63. The molecular weight excluding hydrogens is 877 g/mol. The van der Waals surface area contributed by atoms with E-state index in [1.807, 2.05) is 0 Å². The minimum absolute atomic E-state index is 0.0388. The summed E-state index contributed by atoms with van der Waals surface area (Å²) in [5, 5.41) is 31.3. The van der Waals surface area contributed by atoms with Crippen molar-refractivity contribution in [1.29, 1.82) is 0 Å². The van der Waals surface area contributed by atoms with E-state index in [1.54, 1.807) is 0 Å². The zero-order valence-corrected chi connectivity index (χ0v) is 43.0. The maximum absolute atomic E-state index is 13.1. The van der Waals surface area contributed by atoms with E-state index in [0.717, 1.165) is 109 Å². The Morgan fingerprint density at radius 2 is 0.942 bits per heavy atom. The van der Waals surface area contributed by atoms with Gasteiger partial charge in [-0.25, -0.2) is 4.79 Å². The number of rotatable bonds is 44. The van der Waals surface area contributed by atoms with Gasteiger partial charge in [0.15, 0.2) is 24.6 Å². The number of unbranched alkanes of at least 4 members (excludes halogenated alkanes) is 18. The molecule has 0 aromatic rings. The summed E-state index contributed by atoms with van der Waals surface area (Å²) in [6.45, 7) is 5.73. The van der Waals surface area contributed by atoms with Gasteiger partial charge in [0, 0.05) is 19.3 Å². The first-order chi connectivity index (χ1) is 33.6. The van der Waals surface area contributed by atoms with Gasteiger partial charge in [-0.3, -0.25) is 14.4 Å². The Kier molecular flexibility index (Phi) is 41.5. The first-order valence-corrected chi connectivity index (χ1v) is 26.9. The third-order valence-corrected chi connectivity index (χ3v) is 11.7. The van der Waals surface area contributed by atoms with E-state index in [-0.39, 0.29) is 25.9 Å². The summed E-state index contributed by atoms with van der Waals surface area (Å²) in [4.78, 5) is 50.8. The molecule has 0 amide bonds. The number of allylic oxidation sites excluding steroid dienone is 12. The Labute approximate surface area is 417 Å². The van der Waals surface area contributed by atoms with Gasteiger partial charge in [0.25, 0.3) is 0 Å². The van der Waals surface area contributed by atoms with Crippen molar-refractivity contribution in [2.75, 3.05) is 13.2 Å². The van der Waals surface area contributed by atoms with Crippen LogP contribution in [0.2, 0.25) is 0 Å². The molecule has 1 aliphatic heterocycles. The molecule has 1 saturated heterocycles. The van der Waals surface area contributed by atoms with Crippen LogP contribution in [0.4, 0.5) is 0 Å². The second-order valence-electron chi connectivity index (χ2n) is 18.1. The van der Waals surface area contributed by atoms with Crippen molar-refractivity contribution in [3.05, 3.63) is 72.9 Å². The highest BCUT2D eigenvalue weighted by molar-refractivity contribution is 5.74. The normalized spacial score (nSPS) is 19.2. The van der Waals surface area contributed by atoms with Crippen LogP contribution in [0.5, 0.6) is 0 Å². The Bertz CT molecular complexity index is 1480. The lowest BCUT2D eigenvalue weighted by Crippen LogP contribution is -2.61. The lowest BCUT2D eigenvalue weighted by Gasteiger charge is -2.40. The molecule has 1 rings (SSSR count). The molecule has 69 heavy (non-hydrogen) atoms. The second kappa shape index (κ2) is 45.3. The van der Waals surface area contributed by atoms with Crippen molar-refractivity contribution < 1.29 is 58.2 Å². The summed E-state index contributed by atoms with van der Waals surface area (Å²) in [7, 11) is 0. The highest BCUT2D eigenvalue weighted by atomic mass is 16.7. The fraction of sp³-hybridized carbons (Fsp3) is 0.719. The number of carboxylic acid groups (broad SMARTS) is 1. The molecule has 0 aliphatic carbocycles. The molecule has 1 heterocycles. The monoisotopic (exact) mass is 971 g/mol. The van der Waals surface area contributed by atoms with E-state index in [4.69, 9.17) is 23.7 Å². The van der Waals surface area contributed by atoms with Crippen molar-refractivity contribution in [2.45, 2.75) is 250 Å². The minimum Gasteiger partial charge on any atom is -0.479 e. The average Bonchev–Trinajstić information content (AvgIpc) is 3.33. The molecule has 0 spiro atoms. The number of hydrogen-bond donors (Lipinski definition) is 3. The van der Waals surface area contributed by atoms with Gasteiger partial charge >= 0.3 is 23.9 Å². The second-order valence-corrected chi connectivity index (χ2v) is 18.1. The number of aliphatic hydroxyl groups is 2.